The zero-order chi connectivity index (χ0) is 8.69. The van der Waals surface area contributed by atoms with Crippen LogP contribution in [0.25, 0.3) is 0 Å². The molecular formula is C9H14O2. The number of rotatable bonds is 4. The van der Waals surface area contributed by atoms with Gasteiger partial charge in [0.1, 0.15) is 0 Å². The number of aliphatic hydroxyl groups is 1. The molecule has 2 nitrogen and oxygen atoms in total. The molecule has 0 radical (unpaired) electrons. The molecule has 0 amide bonds. The Balaban J connectivity index is 3.61. The maximum atomic E-state index is 10.4. The molecule has 0 aromatic rings. The van der Waals surface area contributed by atoms with Gasteiger partial charge in [0.25, 0.3) is 0 Å². The van der Waals surface area contributed by atoms with E-state index in [4.69, 9.17) is 5.11 Å². The van der Waals surface area contributed by atoms with Gasteiger partial charge in [-0.2, -0.15) is 0 Å². The summed E-state index contributed by atoms with van der Waals surface area (Å²) in [4.78, 5) is 10.4. The third-order valence-corrected chi connectivity index (χ3v) is 1.14. The van der Waals surface area contributed by atoms with Crippen LogP contribution in [0.3, 0.4) is 0 Å². The summed E-state index contributed by atoms with van der Waals surface area (Å²) in [7, 11) is 0. The van der Waals surface area contributed by atoms with Crippen molar-refractivity contribution in [3.8, 4) is 0 Å². The second-order valence-corrected chi connectivity index (χ2v) is 2.34. The highest BCUT2D eigenvalue weighted by atomic mass is 16.3. The molecule has 0 unspecified atom stereocenters. The summed E-state index contributed by atoms with van der Waals surface area (Å²) >= 11 is 0. The van der Waals surface area contributed by atoms with Crippen LogP contribution in [0.1, 0.15) is 20.3 Å². The monoisotopic (exact) mass is 154 g/mol. The number of carbonyl (C=O) groups is 1. The first-order valence-electron chi connectivity index (χ1n) is 3.64. The molecule has 0 aliphatic rings. The lowest BCUT2D eigenvalue weighted by molar-refractivity contribution is -0.112. The SMILES string of the molecule is C/C=C/[C@@H](O)C/C=C/C(C)=O. The smallest absolute Gasteiger partial charge is 0.152 e. The van der Waals surface area contributed by atoms with E-state index in [0.29, 0.717) is 6.42 Å². The number of allylic oxidation sites excluding steroid dienone is 2. The summed E-state index contributed by atoms with van der Waals surface area (Å²) < 4.78 is 0. The fourth-order valence-corrected chi connectivity index (χ4v) is 0.674. The summed E-state index contributed by atoms with van der Waals surface area (Å²) in [5, 5.41) is 9.11. The Bertz CT molecular complexity index is 168. The Hall–Kier alpha value is -0.890. The minimum Gasteiger partial charge on any atom is -0.389 e. The van der Waals surface area contributed by atoms with Crippen LogP contribution in [0.2, 0.25) is 0 Å². The standard InChI is InChI=1S/C9H14O2/c1-3-5-9(11)7-4-6-8(2)10/h3-6,9,11H,7H2,1-2H3/b5-3+,6-4+/t9-/m1/s1. The molecule has 2 heteroatoms. The predicted octanol–water partition coefficient (Wildman–Crippen LogP) is 1.46. The molecule has 1 atom stereocenters. The quantitative estimate of drug-likeness (QED) is 0.491. The Kier molecular flexibility index (Phi) is 5.39. The Morgan fingerprint density at radius 1 is 1.64 bits per heavy atom. The molecule has 0 aliphatic heterocycles. The number of aliphatic hydroxyl groups excluding tert-OH is 1. The van der Waals surface area contributed by atoms with Crippen LogP contribution in [0, 0.1) is 0 Å². The van der Waals surface area contributed by atoms with Crippen LogP contribution >= 0.6 is 0 Å². The predicted molar refractivity (Wildman–Crippen MR) is 45.3 cm³/mol. The van der Waals surface area contributed by atoms with E-state index < -0.39 is 6.10 Å². The van der Waals surface area contributed by atoms with E-state index in [0.717, 1.165) is 0 Å². The van der Waals surface area contributed by atoms with Gasteiger partial charge in [0, 0.05) is 0 Å². The van der Waals surface area contributed by atoms with Gasteiger partial charge >= 0.3 is 0 Å². The Morgan fingerprint density at radius 3 is 2.73 bits per heavy atom. The first-order valence-corrected chi connectivity index (χ1v) is 3.64. The molecule has 1 N–H and O–H groups in total. The van der Waals surface area contributed by atoms with Gasteiger partial charge in [-0.25, -0.2) is 0 Å². The number of hydrogen-bond acceptors (Lipinski definition) is 2. The van der Waals surface area contributed by atoms with Gasteiger partial charge in [-0.15, -0.1) is 0 Å². The van der Waals surface area contributed by atoms with E-state index >= 15 is 0 Å². The average Bonchev–Trinajstić information content (AvgIpc) is 1.87. The lowest BCUT2D eigenvalue weighted by Crippen LogP contribution is -1.99. The molecule has 0 saturated carbocycles. The highest BCUT2D eigenvalue weighted by molar-refractivity contribution is 5.87. The average molecular weight is 154 g/mol. The van der Waals surface area contributed by atoms with Crippen molar-refractivity contribution in [3.05, 3.63) is 24.3 Å². The fourth-order valence-electron chi connectivity index (χ4n) is 0.674. The maximum absolute atomic E-state index is 10.4. The molecule has 0 rings (SSSR count). The van der Waals surface area contributed by atoms with E-state index in [9.17, 15) is 4.79 Å². The van der Waals surface area contributed by atoms with Crippen molar-refractivity contribution in [2.24, 2.45) is 0 Å². The normalized spacial score (nSPS) is 14.5. The first-order chi connectivity index (χ1) is 5.16. The largest absolute Gasteiger partial charge is 0.389 e. The van der Waals surface area contributed by atoms with Gasteiger partial charge in [0.05, 0.1) is 6.10 Å². The van der Waals surface area contributed by atoms with E-state index in [1.807, 2.05) is 6.92 Å². The van der Waals surface area contributed by atoms with Gasteiger partial charge in [-0.3, -0.25) is 4.79 Å². The van der Waals surface area contributed by atoms with Crippen LogP contribution in [-0.2, 0) is 4.79 Å². The summed E-state index contributed by atoms with van der Waals surface area (Å²) in [5.41, 5.74) is 0. The van der Waals surface area contributed by atoms with Gasteiger partial charge < -0.3 is 5.11 Å². The third kappa shape index (κ3) is 7.00. The second-order valence-electron chi connectivity index (χ2n) is 2.34. The molecule has 11 heavy (non-hydrogen) atoms. The molecule has 0 aliphatic carbocycles. The fraction of sp³-hybridized carbons (Fsp3) is 0.444. The zero-order valence-electron chi connectivity index (χ0n) is 6.95. The van der Waals surface area contributed by atoms with Crippen LogP contribution in [0.4, 0.5) is 0 Å². The van der Waals surface area contributed by atoms with Crippen molar-refractivity contribution in [2.45, 2.75) is 26.4 Å². The van der Waals surface area contributed by atoms with Crippen LogP contribution in [0.15, 0.2) is 24.3 Å². The Labute approximate surface area is 67.2 Å². The van der Waals surface area contributed by atoms with E-state index in [1.54, 1.807) is 18.2 Å². The van der Waals surface area contributed by atoms with E-state index in [2.05, 4.69) is 0 Å². The van der Waals surface area contributed by atoms with Crippen molar-refractivity contribution < 1.29 is 9.90 Å². The summed E-state index contributed by atoms with van der Waals surface area (Å²) in [6.45, 7) is 3.33. The van der Waals surface area contributed by atoms with Gasteiger partial charge in [0.15, 0.2) is 5.78 Å². The highest BCUT2D eigenvalue weighted by Crippen LogP contribution is 1.94. The zero-order valence-corrected chi connectivity index (χ0v) is 6.95. The highest BCUT2D eigenvalue weighted by Gasteiger charge is 1.92. The van der Waals surface area contributed by atoms with Crippen molar-refractivity contribution >= 4 is 5.78 Å². The van der Waals surface area contributed by atoms with Gasteiger partial charge in [0.2, 0.25) is 0 Å². The molecule has 0 spiro atoms. The van der Waals surface area contributed by atoms with Crippen molar-refractivity contribution in [1.29, 1.82) is 0 Å². The molecule has 0 heterocycles. The van der Waals surface area contributed by atoms with Crippen molar-refractivity contribution in [1.82, 2.24) is 0 Å². The minimum atomic E-state index is -0.462. The van der Waals surface area contributed by atoms with Crippen molar-refractivity contribution in [2.75, 3.05) is 0 Å². The van der Waals surface area contributed by atoms with E-state index in [-0.39, 0.29) is 5.78 Å². The summed E-state index contributed by atoms with van der Waals surface area (Å²) in [6.07, 6.45) is 6.65. The number of hydrogen-bond donors (Lipinski definition) is 1. The van der Waals surface area contributed by atoms with Crippen LogP contribution < -0.4 is 0 Å². The number of carbonyl (C=O) groups excluding carboxylic acids is 1. The molecule has 0 aromatic carbocycles. The van der Waals surface area contributed by atoms with Crippen molar-refractivity contribution in [3.63, 3.8) is 0 Å². The number of ketones is 1. The molecule has 0 saturated heterocycles. The van der Waals surface area contributed by atoms with Crippen LogP contribution in [0.5, 0.6) is 0 Å². The lowest BCUT2D eigenvalue weighted by Gasteiger charge is -1.97. The first kappa shape index (κ1) is 10.1. The molecule has 0 aromatic heterocycles. The lowest BCUT2D eigenvalue weighted by atomic mass is 10.2. The van der Waals surface area contributed by atoms with E-state index in [1.165, 1.54) is 13.0 Å². The van der Waals surface area contributed by atoms with Gasteiger partial charge in [-0.05, 0) is 26.3 Å². The molecular weight excluding hydrogens is 140 g/mol. The minimum absolute atomic E-state index is 0.0117. The van der Waals surface area contributed by atoms with Crippen LogP contribution in [-0.4, -0.2) is 17.0 Å². The molecule has 0 fully saturated rings. The topological polar surface area (TPSA) is 37.3 Å². The second kappa shape index (κ2) is 5.86. The van der Waals surface area contributed by atoms with Gasteiger partial charge in [-0.1, -0.05) is 18.2 Å². The summed E-state index contributed by atoms with van der Waals surface area (Å²) in [6, 6.07) is 0. The maximum Gasteiger partial charge on any atom is 0.152 e. The third-order valence-electron chi connectivity index (χ3n) is 1.14. The molecule has 62 valence electrons. The Morgan fingerprint density at radius 2 is 2.27 bits per heavy atom. The summed E-state index contributed by atoms with van der Waals surface area (Å²) in [5.74, 6) is 0.0117. The molecule has 0 bridgehead atoms.